The van der Waals surface area contributed by atoms with E-state index in [-0.39, 0.29) is 22.1 Å². The van der Waals surface area contributed by atoms with Crippen molar-refractivity contribution in [3.63, 3.8) is 0 Å². The molecule has 4 rings (SSSR count). The number of anilines is 2. The number of nitrogens with zero attached hydrogens (tertiary/aromatic N) is 3. The Balaban J connectivity index is 1.47. The van der Waals surface area contributed by atoms with Crippen LogP contribution in [0, 0.1) is 17.0 Å². The van der Waals surface area contributed by atoms with E-state index < -0.39 is 14.9 Å². The molecule has 9 nitrogen and oxygen atoms in total. The van der Waals surface area contributed by atoms with Gasteiger partial charge in [-0.3, -0.25) is 19.6 Å². The molecule has 3 aromatic carbocycles. The van der Waals surface area contributed by atoms with Crippen LogP contribution in [0.25, 0.3) is 0 Å². The molecule has 0 atom stereocenters. The van der Waals surface area contributed by atoms with E-state index in [0.717, 1.165) is 5.56 Å². The fraction of sp³-hybridized carbons (Fsp3) is 0.208. The fourth-order valence-corrected chi connectivity index (χ4v) is 5.03. The van der Waals surface area contributed by atoms with Crippen LogP contribution in [0.2, 0.25) is 0 Å². The van der Waals surface area contributed by atoms with Gasteiger partial charge in [0.1, 0.15) is 5.69 Å². The number of nitro groups is 1. The standard InChI is InChI=1S/C24H24N4O5S/c1-18-6-4-8-20(16-18)25-34(32,33)21-9-5-7-19(17-21)24(29)27-14-12-26(13-15-27)22-10-2-3-11-23(22)28(30)31/h2-11,16-17,25H,12-15H2,1H3. The number of aryl methyl sites for hydroxylation is 1. The van der Waals surface area contributed by atoms with Crippen LogP contribution in [0.5, 0.6) is 0 Å². The Labute approximate surface area is 197 Å². The molecule has 1 fully saturated rings. The summed E-state index contributed by atoms with van der Waals surface area (Å²) in [4.78, 5) is 27.5. The first kappa shape index (κ1) is 23.2. The van der Waals surface area contributed by atoms with Crippen LogP contribution in [0.4, 0.5) is 17.1 Å². The molecule has 0 aromatic heterocycles. The molecule has 0 bridgehead atoms. The lowest BCUT2D eigenvalue weighted by Gasteiger charge is -2.35. The summed E-state index contributed by atoms with van der Waals surface area (Å²) in [6.45, 7) is 3.46. The molecule has 1 aliphatic heterocycles. The van der Waals surface area contributed by atoms with Crippen LogP contribution in [-0.2, 0) is 10.0 Å². The van der Waals surface area contributed by atoms with Crippen LogP contribution >= 0.6 is 0 Å². The summed E-state index contributed by atoms with van der Waals surface area (Å²) in [5, 5.41) is 11.3. The topological polar surface area (TPSA) is 113 Å². The molecule has 0 saturated carbocycles. The molecule has 0 spiro atoms. The predicted molar refractivity (Wildman–Crippen MR) is 130 cm³/mol. The zero-order valence-electron chi connectivity index (χ0n) is 18.5. The number of benzene rings is 3. The summed E-state index contributed by atoms with van der Waals surface area (Å²) >= 11 is 0. The van der Waals surface area contributed by atoms with E-state index >= 15 is 0 Å². The summed E-state index contributed by atoms with van der Waals surface area (Å²) in [5.74, 6) is -0.283. The second-order valence-corrected chi connectivity index (χ2v) is 9.71. The molecule has 0 aliphatic carbocycles. The van der Waals surface area contributed by atoms with Crippen molar-refractivity contribution in [2.24, 2.45) is 0 Å². The van der Waals surface area contributed by atoms with Gasteiger partial charge in [-0.1, -0.05) is 30.3 Å². The van der Waals surface area contributed by atoms with E-state index in [2.05, 4.69) is 4.72 Å². The Bertz CT molecular complexity index is 1330. The summed E-state index contributed by atoms with van der Waals surface area (Å²) in [6, 6.07) is 19.5. The average Bonchev–Trinajstić information content (AvgIpc) is 2.83. The number of nitro benzene ring substituents is 1. The zero-order valence-corrected chi connectivity index (χ0v) is 19.4. The fourth-order valence-electron chi connectivity index (χ4n) is 3.94. The van der Waals surface area contributed by atoms with Crippen LogP contribution in [0.3, 0.4) is 0 Å². The first-order valence-corrected chi connectivity index (χ1v) is 12.2. The summed E-state index contributed by atoms with van der Waals surface area (Å²) < 4.78 is 28.3. The molecular formula is C24H24N4O5S. The highest BCUT2D eigenvalue weighted by Gasteiger charge is 2.26. The Morgan fingerprint density at radius 3 is 2.35 bits per heavy atom. The number of rotatable bonds is 6. The van der Waals surface area contributed by atoms with Crippen LogP contribution in [0.15, 0.2) is 77.7 Å². The third-order valence-corrected chi connectivity index (χ3v) is 7.03. The maximum atomic E-state index is 13.1. The first-order chi connectivity index (χ1) is 16.2. The van der Waals surface area contributed by atoms with E-state index in [9.17, 15) is 23.3 Å². The van der Waals surface area contributed by atoms with Crippen molar-refractivity contribution in [1.29, 1.82) is 0 Å². The lowest BCUT2D eigenvalue weighted by atomic mass is 10.1. The molecule has 0 radical (unpaired) electrons. The number of sulfonamides is 1. The Kier molecular flexibility index (Phi) is 6.51. The van der Waals surface area contributed by atoms with Gasteiger partial charge in [-0.15, -0.1) is 0 Å². The van der Waals surface area contributed by atoms with Crippen LogP contribution in [0.1, 0.15) is 15.9 Å². The Hall–Kier alpha value is -3.92. The molecule has 1 amide bonds. The second-order valence-electron chi connectivity index (χ2n) is 8.03. The molecule has 0 unspecified atom stereocenters. The Morgan fingerprint density at radius 2 is 1.65 bits per heavy atom. The van der Waals surface area contributed by atoms with Gasteiger partial charge < -0.3 is 9.80 Å². The lowest BCUT2D eigenvalue weighted by Crippen LogP contribution is -2.49. The number of carbonyl (C=O) groups is 1. The van der Waals surface area contributed by atoms with Gasteiger partial charge in [0, 0.05) is 43.5 Å². The minimum atomic E-state index is -3.87. The number of nitrogens with one attached hydrogen (secondary N) is 1. The minimum Gasteiger partial charge on any atom is -0.362 e. The van der Waals surface area contributed by atoms with Crippen molar-refractivity contribution in [2.45, 2.75) is 11.8 Å². The van der Waals surface area contributed by atoms with Crippen molar-refractivity contribution in [2.75, 3.05) is 35.8 Å². The lowest BCUT2D eigenvalue weighted by molar-refractivity contribution is -0.384. The molecule has 3 aromatic rings. The average molecular weight is 481 g/mol. The van der Waals surface area contributed by atoms with Crippen molar-refractivity contribution >= 4 is 33.0 Å². The molecule has 34 heavy (non-hydrogen) atoms. The maximum absolute atomic E-state index is 13.1. The molecule has 176 valence electrons. The van der Waals surface area contributed by atoms with Crippen molar-refractivity contribution < 1.29 is 18.1 Å². The molecular weight excluding hydrogens is 456 g/mol. The quantitative estimate of drug-likeness (QED) is 0.426. The normalized spacial score (nSPS) is 14.0. The third kappa shape index (κ3) is 5.01. The molecule has 10 heteroatoms. The zero-order chi connectivity index (χ0) is 24.3. The largest absolute Gasteiger partial charge is 0.362 e. The van der Waals surface area contributed by atoms with Gasteiger partial charge in [-0.25, -0.2) is 8.42 Å². The number of amides is 1. The second kappa shape index (κ2) is 9.52. The van der Waals surface area contributed by atoms with Gasteiger partial charge in [0.15, 0.2) is 0 Å². The van der Waals surface area contributed by atoms with Gasteiger partial charge in [0.25, 0.3) is 21.6 Å². The summed E-state index contributed by atoms with van der Waals surface area (Å²) in [7, 11) is -3.87. The number of para-hydroxylation sites is 2. The van der Waals surface area contributed by atoms with Gasteiger partial charge >= 0.3 is 0 Å². The summed E-state index contributed by atoms with van der Waals surface area (Å²) in [6.07, 6.45) is 0. The van der Waals surface area contributed by atoms with Gasteiger partial charge in [-0.2, -0.15) is 0 Å². The number of hydrogen-bond donors (Lipinski definition) is 1. The van der Waals surface area contributed by atoms with E-state index in [1.807, 2.05) is 17.9 Å². The smallest absolute Gasteiger partial charge is 0.292 e. The van der Waals surface area contributed by atoms with E-state index in [1.165, 1.54) is 18.2 Å². The number of piperazine rings is 1. The maximum Gasteiger partial charge on any atom is 0.292 e. The van der Waals surface area contributed by atoms with Gasteiger partial charge in [-0.05, 0) is 48.9 Å². The monoisotopic (exact) mass is 480 g/mol. The van der Waals surface area contributed by atoms with E-state index in [4.69, 9.17) is 0 Å². The van der Waals surface area contributed by atoms with Crippen LogP contribution in [-0.4, -0.2) is 50.3 Å². The van der Waals surface area contributed by atoms with E-state index in [0.29, 0.717) is 37.6 Å². The molecule has 1 aliphatic rings. The van der Waals surface area contributed by atoms with Crippen molar-refractivity contribution in [3.05, 3.63) is 94.0 Å². The van der Waals surface area contributed by atoms with E-state index in [1.54, 1.807) is 53.4 Å². The van der Waals surface area contributed by atoms with Crippen molar-refractivity contribution in [1.82, 2.24) is 4.90 Å². The van der Waals surface area contributed by atoms with Gasteiger partial charge in [0.05, 0.1) is 9.82 Å². The SMILES string of the molecule is Cc1cccc(NS(=O)(=O)c2cccc(C(=O)N3CCN(c4ccccc4[N+](=O)[O-])CC3)c2)c1. The first-order valence-electron chi connectivity index (χ1n) is 10.7. The number of carbonyl (C=O) groups excluding carboxylic acids is 1. The molecule has 1 saturated heterocycles. The number of hydrogen-bond acceptors (Lipinski definition) is 6. The predicted octanol–water partition coefficient (Wildman–Crippen LogP) is 3.67. The van der Waals surface area contributed by atoms with Crippen LogP contribution < -0.4 is 9.62 Å². The molecule has 1 N–H and O–H groups in total. The minimum absolute atomic E-state index is 0.00148. The third-order valence-electron chi connectivity index (χ3n) is 5.65. The van der Waals surface area contributed by atoms with Gasteiger partial charge in [0.2, 0.25) is 0 Å². The summed E-state index contributed by atoms with van der Waals surface area (Å²) in [5.41, 5.74) is 2.19. The highest BCUT2D eigenvalue weighted by molar-refractivity contribution is 7.92. The Morgan fingerprint density at radius 1 is 0.941 bits per heavy atom. The molecule has 1 heterocycles. The van der Waals surface area contributed by atoms with Crippen molar-refractivity contribution in [3.8, 4) is 0 Å². The highest BCUT2D eigenvalue weighted by atomic mass is 32.2. The highest BCUT2D eigenvalue weighted by Crippen LogP contribution is 2.28.